The molecule has 3 rings (SSSR count). The molecular formula is C23H30N2O3. The molecule has 1 atom stereocenters. The van der Waals surface area contributed by atoms with E-state index in [1.165, 1.54) is 25.7 Å². The first-order chi connectivity index (χ1) is 13.6. The number of esters is 1. The minimum Gasteiger partial charge on any atom is -0.462 e. The van der Waals surface area contributed by atoms with Crippen molar-refractivity contribution in [2.75, 3.05) is 0 Å². The Labute approximate surface area is 166 Å². The summed E-state index contributed by atoms with van der Waals surface area (Å²) in [5.74, 6) is -0.591. The quantitative estimate of drug-likeness (QED) is 0.512. The lowest BCUT2D eigenvalue weighted by Gasteiger charge is -2.26. The van der Waals surface area contributed by atoms with Gasteiger partial charge in [0, 0.05) is 23.9 Å². The number of hydrogen-bond donors (Lipinski definition) is 1. The number of amides is 1. The van der Waals surface area contributed by atoms with Crippen molar-refractivity contribution in [3.05, 3.63) is 41.1 Å². The molecule has 5 nitrogen and oxygen atoms in total. The molecule has 150 valence electrons. The predicted octanol–water partition coefficient (Wildman–Crippen LogP) is 4.48. The van der Waals surface area contributed by atoms with Crippen LogP contribution in [0.2, 0.25) is 0 Å². The van der Waals surface area contributed by atoms with Crippen molar-refractivity contribution in [1.29, 1.82) is 0 Å². The van der Waals surface area contributed by atoms with Gasteiger partial charge in [0.25, 0.3) is 0 Å². The number of carbonyl (C=O) groups excluding carboxylic acids is 2. The molecule has 0 saturated heterocycles. The Bertz CT molecular complexity index is 847. The van der Waals surface area contributed by atoms with Crippen molar-refractivity contribution in [1.82, 2.24) is 4.98 Å². The zero-order valence-electron chi connectivity index (χ0n) is 16.7. The number of carbonyl (C=O) groups is 2. The zero-order valence-corrected chi connectivity index (χ0v) is 16.7. The number of aryl methyl sites for hydroxylation is 1. The van der Waals surface area contributed by atoms with E-state index in [9.17, 15) is 9.59 Å². The van der Waals surface area contributed by atoms with Crippen LogP contribution in [-0.2, 0) is 22.4 Å². The van der Waals surface area contributed by atoms with Gasteiger partial charge < -0.3 is 10.5 Å². The first kappa shape index (κ1) is 20.3. The van der Waals surface area contributed by atoms with E-state index >= 15 is 0 Å². The van der Waals surface area contributed by atoms with Gasteiger partial charge in [0.1, 0.15) is 6.10 Å². The normalized spacial score (nSPS) is 16.0. The molecule has 0 spiro atoms. The number of benzene rings is 1. The van der Waals surface area contributed by atoms with Gasteiger partial charge >= 0.3 is 5.97 Å². The maximum absolute atomic E-state index is 12.2. The fraction of sp³-hybridized carbons (Fsp3) is 0.522. The fourth-order valence-corrected chi connectivity index (χ4v) is 4.03. The fourth-order valence-electron chi connectivity index (χ4n) is 4.03. The van der Waals surface area contributed by atoms with E-state index in [-0.39, 0.29) is 12.1 Å². The number of unbranched alkanes of at least 4 members (excludes halogenated alkanes) is 5. The summed E-state index contributed by atoms with van der Waals surface area (Å²) in [6, 6.07) is 7.55. The molecule has 0 bridgehead atoms. The number of pyridine rings is 1. The standard InChI is InChI=1S/C23H30N2O3/c1-2-3-4-5-6-7-12-21(26)28-16-13-14-20-18(15-16)22(23(24)27)17-10-8-9-11-19(17)25-20/h8-11,16H,2-7,12-15H2,1H3,(H2,24,27). The summed E-state index contributed by atoms with van der Waals surface area (Å²) in [7, 11) is 0. The van der Waals surface area contributed by atoms with Gasteiger partial charge in [-0.05, 0) is 30.9 Å². The zero-order chi connectivity index (χ0) is 19.9. The third-order valence-electron chi connectivity index (χ3n) is 5.49. The van der Waals surface area contributed by atoms with Crippen molar-refractivity contribution >= 4 is 22.8 Å². The molecule has 0 radical (unpaired) electrons. The lowest BCUT2D eigenvalue weighted by molar-refractivity contribution is -0.149. The number of aromatic nitrogens is 1. The van der Waals surface area contributed by atoms with Gasteiger partial charge in [-0.1, -0.05) is 57.2 Å². The lowest BCUT2D eigenvalue weighted by atomic mass is 9.88. The van der Waals surface area contributed by atoms with Crippen LogP contribution in [0, 0.1) is 0 Å². The van der Waals surface area contributed by atoms with E-state index in [0.29, 0.717) is 24.8 Å². The minimum absolute atomic E-state index is 0.140. The topological polar surface area (TPSA) is 82.3 Å². The van der Waals surface area contributed by atoms with Crippen LogP contribution in [0.4, 0.5) is 0 Å². The van der Waals surface area contributed by atoms with E-state index in [1.807, 2.05) is 24.3 Å². The SMILES string of the molecule is CCCCCCCCC(=O)OC1CCc2nc3ccccc3c(C(N)=O)c2C1. The second-order valence-corrected chi connectivity index (χ2v) is 7.67. The Morgan fingerprint density at radius 3 is 2.68 bits per heavy atom. The van der Waals surface area contributed by atoms with Gasteiger partial charge in [-0.2, -0.15) is 0 Å². The molecular weight excluding hydrogens is 352 g/mol. The van der Waals surface area contributed by atoms with Gasteiger partial charge in [0.15, 0.2) is 0 Å². The second-order valence-electron chi connectivity index (χ2n) is 7.67. The molecule has 2 N–H and O–H groups in total. The predicted molar refractivity (Wildman–Crippen MR) is 110 cm³/mol. The summed E-state index contributed by atoms with van der Waals surface area (Å²) in [6.07, 6.45) is 9.05. The molecule has 0 saturated carbocycles. The highest BCUT2D eigenvalue weighted by Gasteiger charge is 2.28. The van der Waals surface area contributed by atoms with Crippen molar-refractivity contribution in [3.63, 3.8) is 0 Å². The molecule has 28 heavy (non-hydrogen) atoms. The summed E-state index contributed by atoms with van der Waals surface area (Å²) in [5.41, 5.74) is 8.74. The molecule has 1 heterocycles. The summed E-state index contributed by atoms with van der Waals surface area (Å²) in [5, 5.41) is 0.771. The molecule has 1 aromatic carbocycles. The van der Waals surface area contributed by atoms with Gasteiger partial charge in [-0.3, -0.25) is 14.6 Å². The molecule has 1 amide bonds. The second kappa shape index (κ2) is 9.67. The van der Waals surface area contributed by atoms with Gasteiger partial charge in [0.2, 0.25) is 5.91 Å². The van der Waals surface area contributed by atoms with Crippen LogP contribution in [0.5, 0.6) is 0 Å². The summed E-state index contributed by atoms with van der Waals surface area (Å²) in [4.78, 5) is 29.1. The van der Waals surface area contributed by atoms with Gasteiger partial charge in [0.05, 0.1) is 11.1 Å². The summed E-state index contributed by atoms with van der Waals surface area (Å²) < 4.78 is 5.70. The van der Waals surface area contributed by atoms with Gasteiger partial charge in [-0.15, -0.1) is 0 Å². The molecule has 5 heteroatoms. The molecule has 1 unspecified atom stereocenters. The van der Waals surface area contributed by atoms with Crippen molar-refractivity contribution in [3.8, 4) is 0 Å². The largest absolute Gasteiger partial charge is 0.462 e. The van der Waals surface area contributed by atoms with E-state index in [0.717, 1.165) is 41.4 Å². The van der Waals surface area contributed by atoms with E-state index in [4.69, 9.17) is 15.5 Å². The molecule has 2 aromatic rings. The first-order valence-electron chi connectivity index (χ1n) is 10.5. The Balaban J connectivity index is 1.63. The van der Waals surface area contributed by atoms with Crippen LogP contribution < -0.4 is 5.73 Å². The monoisotopic (exact) mass is 382 g/mol. The van der Waals surface area contributed by atoms with Crippen LogP contribution in [-0.4, -0.2) is 23.0 Å². The third kappa shape index (κ3) is 4.89. The first-order valence-corrected chi connectivity index (χ1v) is 10.5. The molecule has 0 fully saturated rings. The average molecular weight is 383 g/mol. The highest BCUT2D eigenvalue weighted by Crippen LogP contribution is 2.30. The number of fused-ring (bicyclic) bond motifs is 2. The maximum Gasteiger partial charge on any atom is 0.306 e. The van der Waals surface area contributed by atoms with Gasteiger partial charge in [-0.25, -0.2) is 0 Å². The molecule has 1 aliphatic carbocycles. The van der Waals surface area contributed by atoms with Crippen molar-refractivity contribution < 1.29 is 14.3 Å². The average Bonchev–Trinajstić information content (AvgIpc) is 2.68. The maximum atomic E-state index is 12.2. The molecule has 1 aliphatic rings. The Kier molecular flexibility index (Phi) is 7.01. The minimum atomic E-state index is -0.450. The van der Waals surface area contributed by atoms with E-state index in [1.54, 1.807) is 0 Å². The van der Waals surface area contributed by atoms with E-state index in [2.05, 4.69) is 6.92 Å². The number of primary amides is 1. The highest BCUT2D eigenvalue weighted by atomic mass is 16.5. The molecule has 1 aromatic heterocycles. The Hall–Kier alpha value is -2.43. The van der Waals surface area contributed by atoms with Crippen molar-refractivity contribution in [2.45, 2.75) is 77.2 Å². The number of nitrogens with two attached hydrogens (primary N) is 1. The molecule has 0 aliphatic heterocycles. The van der Waals surface area contributed by atoms with Crippen LogP contribution in [0.25, 0.3) is 10.9 Å². The Morgan fingerprint density at radius 2 is 1.89 bits per heavy atom. The number of rotatable bonds is 9. The third-order valence-corrected chi connectivity index (χ3v) is 5.49. The van der Waals surface area contributed by atoms with E-state index < -0.39 is 5.91 Å². The number of ether oxygens (including phenoxy) is 1. The lowest BCUT2D eigenvalue weighted by Crippen LogP contribution is -2.29. The number of para-hydroxylation sites is 1. The van der Waals surface area contributed by atoms with Crippen molar-refractivity contribution in [2.24, 2.45) is 5.73 Å². The van der Waals surface area contributed by atoms with Crippen LogP contribution in [0.1, 0.15) is 79.9 Å². The Morgan fingerprint density at radius 1 is 1.14 bits per heavy atom. The smallest absolute Gasteiger partial charge is 0.306 e. The summed E-state index contributed by atoms with van der Waals surface area (Å²) >= 11 is 0. The summed E-state index contributed by atoms with van der Waals surface area (Å²) in [6.45, 7) is 2.20. The number of hydrogen-bond acceptors (Lipinski definition) is 4. The number of nitrogens with zero attached hydrogens (tertiary/aromatic N) is 1. The van der Waals surface area contributed by atoms with Crippen LogP contribution in [0.3, 0.4) is 0 Å². The highest BCUT2D eigenvalue weighted by molar-refractivity contribution is 6.07. The van der Waals surface area contributed by atoms with Crippen LogP contribution in [0.15, 0.2) is 24.3 Å². The van der Waals surface area contributed by atoms with Crippen LogP contribution >= 0.6 is 0 Å².